The van der Waals surface area contributed by atoms with Crippen LogP contribution >= 0.6 is 23.2 Å². The molecule has 0 aliphatic heterocycles. The van der Waals surface area contributed by atoms with Gasteiger partial charge in [-0.3, -0.25) is 9.59 Å². The van der Waals surface area contributed by atoms with E-state index in [0.29, 0.717) is 38.5 Å². The minimum absolute atomic E-state index is 0.336. The highest BCUT2D eigenvalue weighted by Crippen LogP contribution is 2.27. The fourth-order valence-corrected chi connectivity index (χ4v) is 3.61. The standard InChI is InChI=1S/C27H20Cl2N2O3/c1-17-9-10-18(15-24(17)29)25-13-11-21(34-25)12-14-26(32)30-19-5-4-6-20(16-19)31-27(33)22-7-2-3-8-23(22)28/h2-16H,1H3,(H,30,32)(H,31,33). The van der Waals surface area contributed by atoms with E-state index in [0.717, 1.165) is 11.1 Å². The molecule has 0 aliphatic rings. The number of anilines is 2. The second-order valence-electron chi connectivity index (χ2n) is 7.50. The maximum atomic E-state index is 12.5. The summed E-state index contributed by atoms with van der Waals surface area (Å²) in [5.74, 6) is 0.509. The first-order valence-electron chi connectivity index (χ1n) is 10.4. The molecular formula is C27H20Cl2N2O3. The smallest absolute Gasteiger partial charge is 0.257 e. The van der Waals surface area contributed by atoms with Crippen LogP contribution in [0.25, 0.3) is 17.4 Å². The van der Waals surface area contributed by atoms with Gasteiger partial charge in [0.05, 0.1) is 10.6 Å². The van der Waals surface area contributed by atoms with Crippen LogP contribution in [0.1, 0.15) is 21.7 Å². The van der Waals surface area contributed by atoms with Gasteiger partial charge in [-0.1, -0.05) is 53.5 Å². The second-order valence-corrected chi connectivity index (χ2v) is 8.32. The van der Waals surface area contributed by atoms with E-state index in [2.05, 4.69) is 10.6 Å². The van der Waals surface area contributed by atoms with Gasteiger partial charge in [0.2, 0.25) is 5.91 Å². The number of carbonyl (C=O) groups is 2. The maximum absolute atomic E-state index is 12.5. The largest absolute Gasteiger partial charge is 0.457 e. The summed E-state index contributed by atoms with van der Waals surface area (Å²) in [4.78, 5) is 24.8. The van der Waals surface area contributed by atoms with Crippen LogP contribution in [0.3, 0.4) is 0 Å². The van der Waals surface area contributed by atoms with Crippen LogP contribution in [0.5, 0.6) is 0 Å². The number of carbonyl (C=O) groups excluding carboxylic acids is 2. The van der Waals surface area contributed by atoms with Crippen LogP contribution in [0, 0.1) is 6.92 Å². The number of rotatable bonds is 6. The van der Waals surface area contributed by atoms with Crippen molar-refractivity contribution >= 4 is 52.5 Å². The fourth-order valence-electron chi connectivity index (χ4n) is 3.20. The quantitative estimate of drug-likeness (QED) is 0.275. The Bertz CT molecular complexity index is 1390. The summed E-state index contributed by atoms with van der Waals surface area (Å²) in [6.07, 6.45) is 2.96. The predicted molar refractivity (Wildman–Crippen MR) is 137 cm³/mol. The maximum Gasteiger partial charge on any atom is 0.257 e. The molecule has 4 rings (SSSR count). The van der Waals surface area contributed by atoms with Gasteiger partial charge in [0.25, 0.3) is 5.91 Å². The molecule has 170 valence electrons. The number of hydrogen-bond acceptors (Lipinski definition) is 3. The van der Waals surface area contributed by atoms with Crippen molar-refractivity contribution in [2.24, 2.45) is 0 Å². The van der Waals surface area contributed by atoms with Gasteiger partial charge in [-0.2, -0.15) is 0 Å². The lowest BCUT2D eigenvalue weighted by molar-refractivity contribution is -0.111. The summed E-state index contributed by atoms with van der Waals surface area (Å²) in [6, 6.07) is 22.9. The number of furan rings is 1. The molecule has 0 fully saturated rings. The zero-order chi connectivity index (χ0) is 24.1. The first-order chi connectivity index (χ1) is 16.4. The molecule has 0 aliphatic carbocycles. The van der Waals surface area contributed by atoms with Crippen LogP contribution in [-0.2, 0) is 4.79 Å². The molecule has 3 aromatic carbocycles. The average Bonchev–Trinajstić information content (AvgIpc) is 3.29. The third-order valence-electron chi connectivity index (χ3n) is 4.99. The summed E-state index contributed by atoms with van der Waals surface area (Å²) >= 11 is 12.3. The number of hydrogen-bond donors (Lipinski definition) is 2. The van der Waals surface area contributed by atoms with Crippen LogP contribution in [0.2, 0.25) is 10.0 Å². The SMILES string of the molecule is Cc1ccc(-c2ccc(C=CC(=O)Nc3cccc(NC(=O)c4ccccc4Cl)c3)o2)cc1Cl. The monoisotopic (exact) mass is 490 g/mol. The number of aryl methyl sites for hydroxylation is 1. The van der Waals surface area contributed by atoms with Crippen LogP contribution in [0.4, 0.5) is 11.4 Å². The Morgan fingerprint density at radius 3 is 2.35 bits per heavy atom. The molecule has 1 heterocycles. The summed E-state index contributed by atoms with van der Waals surface area (Å²) in [6.45, 7) is 1.93. The first-order valence-corrected chi connectivity index (χ1v) is 11.2. The summed E-state index contributed by atoms with van der Waals surface area (Å²) in [5, 5.41) is 6.57. The van der Waals surface area contributed by atoms with E-state index >= 15 is 0 Å². The molecule has 0 saturated carbocycles. The molecular weight excluding hydrogens is 471 g/mol. The van der Waals surface area contributed by atoms with E-state index < -0.39 is 0 Å². The topological polar surface area (TPSA) is 71.3 Å². The van der Waals surface area contributed by atoms with Crippen molar-refractivity contribution in [3.63, 3.8) is 0 Å². The lowest BCUT2D eigenvalue weighted by Gasteiger charge is -2.09. The van der Waals surface area contributed by atoms with E-state index in [1.54, 1.807) is 60.7 Å². The highest BCUT2D eigenvalue weighted by atomic mass is 35.5. The zero-order valence-corrected chi connectivity index (χ0v) is 19.7. The van der Waals surface area contributed by atoms with Gasteiger partial charge in [-0.05, 0) is 67.1 Å². The molecule has 0 atom stereocenters. The molecule has 4 aromatic rings. The molecule has 0 spiro atoms. The van der Waals surface area contributed by atoms with E-state index in [1.165, 1.54) is 6.08 Å². The third-order valence-corrected chi connectivity index (χ3v) is 5.73. The average molecular weight is 491 g/mol. The van der Waals surface area contributed by atoms with Crippen molar-refractivity contribution in [3.8, 4) is 11.3 Å². The molecule has 7 heteroatoms. The van der Waals surface area contributed by atoms with Gasteiger partial charge in [-0.15, -0.1) is 0 Å². The molecule has 0 unspecified atom stereocenters. The minimum atomic E-state index is -0.342. The molecule has 0 saturated heterocycles. The molecule has 2 amide bonds. The Morgan fingerprint density at radius 1 is 0.824 bits per heavy atom. The minimum Gasteiger partial charge on any atom is -0.457 e. The Labute approximate surface area is 207 Å². The van der Waals surface area contributed by atoms with Gasteiger partial charge in [0.15, 0.2) is 0 Å². The number of amides is 2. The van der Waals surface area contributed by atoms with Crippen molar-refractivity contribution in [1.82, 2.24) is 0 Å². The molecule has 0 bridgehead atoms. The number of halogens is 2. The summed E-state index contributed by atoms with van der Waals surface area (Å²) in [7, 11) is 0. The van der Waals surface area contributed by atoms with Crippen LogP contribution < -0.4 is 10.6 Å². The third kappa shape index (κ3) is 5.76. The summed E-state index contributed by atoms with van der Waals surface area (Å²) < 4.78 is 5.80. The van der Waals surface area contributed by atoms with Gasteiger partial charge in [-0.25, -0.2) is 0 Å². The Morgan fingerprint density at radius 2 is 1.59 bits per heavy atom. The Kier molecular flexibility index (Phi) is 7.16. The summed E-state index contributed by atoms with van der Waals surface area (Å²) in [5.41, 5.74) is 3.27. The van der Waals surface area contributed by atoms with Crippen molar-refractivity contribution < 1.29 is 14.0 Å². The van der Waals surface area contributed by atoms with Gasteiger partial charge < -0.3 is 15.1 Å². The zero-order valence-electron chi connectivity index (χ0n) is 18.1. The van der Waals surface area contributed by atoms with Crippen molar-refractivity contribution in [1.29, 1.82) is 0 Å². The lowest BCUT2D eigenvalue weighted by atomic mass is 10.1. The lowest BCUT2D eigenvalue weighted by Crippen LogP contribution is -2.13. The van der Waals surface area contributed by atoms with Crippen LogP contribution in [-0.4, -0.2) is 11.8 Å². The van der Waals surface area contributed by atoms with E-state index in [4.69, 9.17) is 27.6 Å². The molecule has 34 heavy (non-hydrogen) atoms. The van der Waals surface area contributed by atoms with Crippen molar-refractivity contribution in [2.45, 2.75) is 6.92 Å². The second kappa shape index (κ2) is 10.4. The molecule has 5 nitrogen and oxygen atoms in total. The highest BCUT2D eigenvalue weighted by molar-refractivity contribution is 6.34. The highest BCUT2D eigenvalue weighted by Gasteiger charge is 2.10. The molecule has 0 radical (unpaired) electrons. The predicted octanol–water partition coefficient (Wildman–Crippen LogP) is 7.47. The van der Waals surface area contributed by atoms with Crippen molar-refractivity contribution in [3.05, 3.63) is 112 Å². The van der Waals surface area contributed by atoms with Gasteiger partial charge >= 0.3 is 0 Å². The van der Waals surface area contributed by atoms with E-state index in [-0.39, 0.29) is 11.8 Å². The van der Waals surface area contributed by atoms with Crippen LogP contribution in [0.15, 0.2) is 89.4 Å². The van der Waals surface area contributed by atoms with E-state index in [1.807, 2.05) is 31.2 Å². The molecule has 2 N–H and O–H groups in total. The van der Waals surface area contributed by atoms with Crippen molar-refractivity contribution in [2.75, 3.05) is 10.6 Å². The Balaban J connectivity index is 1.39. The number of nitrogens with one attached hydrogen (secondary N) is 2. The van der Waals surface area contributed by atoms with Gasteiger partial charge in [0.1, 0.15) is 11.5 Å². The van der Waals surface area contributed by atoms with E-state index in [9.17, 15) is 9.59 Å². The fraction of sp³-hybridized carbons (Fsp3) is 0.0370. The Hall–Kier alpha value is -3.80. The molecule has 1 aromatic heterocycles. The number of benzene rings is 3. The first kappa shape index (κ1) is 23.4. The normalized spacial score (nSPS) is 10.9. The van der Waals surface area contributed by atoms with Gasteiger partial charge in [0, 0.05) is 28.0 Å².